The minimum Gasteiger partial charge on any atom is -0.384 e. The third kappa shape index (κ3) is 7.79. The van der Waals surface area contributed by atoms with Gasteiger partial charge in [-0.15, -0.1) is 0 Å². The molecule has 0 unspecified atom stereocenters. The standard InChI is InChI=1S/C40H39FN10O3.C2H6/c1-40(2,54)34-9-6-10-35(44-34)51-36-31(38(53)48(51)3)23-42-39(45-36)43-27-12-14-28(15-13-27)50-19-17-49(18-20-50)24-26-21-25(11-16-32(26)41)22-33-29-7-4-5-8-30(29)37(52)47-46-33;1-2/h4-16,21,23,54H,17-20,22,24H2,1-3H3,(H,47,52)(H,42,43,45);1-2H3. The summed E-state index contributed by atoms with van der Waals surface area (Å²) in [4.78, 5) is 43.5. The summed E-state index contributed by atoms with van der Waals surface area (Å²) in [6, 6.07) is 25.9. The van der Waals surface area contributed by atoms with Crippen molar-refractivity contribution in [2.75, 3.05) is 36.4 Å². The van der Waals surface area contributed by atoms with Crippen molar-refractivity contribution in [1.29, 1.82) is 0 Å². The zero-order chi connectivity index (χ0) is 39.6. The highest BCUT2D eigenvalue weighted by Crippen LogP contribution is 2.25. The second-order valence-corrected chi connectivity index (χ2v) is 14.1. The average molecular weight is 757 g/mol. The van der Waals surface area contributed by atoms with Crippen LogP contribution in [0.2, 0.25) is 0 Å². The summed E-state index contributed by atoms with van der Waals surface area (Å²) in [7, 11) is 1.64. The van der Waals surface area contributed by atoms with Crippen molar-refractivity contribution >= 4 is 39.1 Å². The van der Waals surface area contributed by atoms with Crippen LogP contribution >= 0.6 is 0 Å². The van der Waals surface area contributed by atoms with E-state index in [1.54, 1.807) is 55.9 Å². The van der Waals surface area contributed by atoms with Crippen molar-refractivity contribution in [2.45, 2.75) is 46.3 Å². The molecular formula is C42H45FN10O3. The largest absolute Gasteiger partial charge is 0.384 e. The van der Waals surface area contributed by atoms with Crippen LogP contribution in [0.4, 0.5) is 21.7 Å². The molecule has 1 aliphatic rings. The fraction of sp³-hybridized carbons (Fsp3) is 0.286. The number of hydrogen-bond donors (Lipinski definition) is 3. The molecule has 13 nitrogen and oxygen atoms in total. The van der Waals surface area contributed by atoms with Crippen LogP contribution < -0.4 is 21.3 Å². The van der Waals surface area contributed by atoms with E-state index in [1.165, 1.54) is 16.9 Å². The van der Waals surface area contributed by atoms with E-state index in [4.69, 9.17) is 0 Å². The molecule has 7 aromatic rings. The molecule has 1 aliphatic heterocycles. The fourth-order valence-corrected chi connectivity index (χ4v) is 6.95. The Bertz CT molecular complexity index is 2620. The first-order valence-corrected chi connectivity index (χ1v) is 18.7. The molecule has 288 valence electrons. The summed E-state index contributed by atoms with van der Waals surface area (Å²) >= 11 is 0. The van der Waals surface area contributed by atoms with Gasteiger partial charge in [-0.1, -0.05) is 50.2 Å². The number of H-pyrrole nitrogens is 1. The third-order valence-corrected chi connectivity index (χ3v) is 9.88. The van der Waals surface area contributed by atoms with E-state index in [0.29, 0.717) is 52.4 Å². The van der Waals surface area contributed by atoms with Gasteiger partial charge in [0.1, 0.15) is 16.8 Å². The Morgan fingerprint density at radius 1 is 0.875 bits per heavy atom. The molecular weight excluding hydrogens is 712 g/mol. The highest BCUT2D eigenvalue weighted by atomic mass is 19.1. The van der Waals surface area contributed by atoms with Crippen LogP contribution in [0, 0.1) is 5.82 Å². The topological polar surface area (TPSA) is 150 Å². The van der Waals surface area contributed by atoms with Crippen LogP contribution in [0.25, 0.3) is 27.6 Å². The lowest BCUT2D eigenvalue weighted by molar-refractivity contribution is 0.0738. The van der Waals surface area contributed by atoms with Crippen molar-refractivity contribution < 1.29 is 9.50 Å². The molecule has 4 aromatic heterocycles. The van der Waals surface area contributed by atoms with E-state index in [9.17, 15) is 14.7 Å². The molecule has 1 fully saturated rings. The number of aromatic nitrogens is 7. The van der Waals surface area contributed by atoms with Crippen molar-refractivity contribution in [2.24, 2.45) is 7.05 Å². The summed E-state index contributed by atoms with van der Waals surface area (Å²) < 4.78 is 18.1. The molecule has 0 amide bonds. The van der Waals surface area contributed by atoms with Gasteiger partial charge in [0.05, 0.1) is 16.8 Å². The highest BCUT2D eigenvalue weighted by molar-refractivity contribution is 5.83. The predicted octanol–water partition coefficient (Wildman–Crippen LogP) is 5.80. The molecule has 8 rings (SSSR count). The number of anilines is 3. The fourth-order valence-electron chi connectivity index (χ4n) is 6.95. The first kappa shape index (κ1) is 38.0. The molecule has 0 atom stereocenters. The second-order valence-electron chi connectivity index (χ2n) is 14.1. The van der Waals surface area contributed by atoms with Gasteiger partial charge in [-0.3, -0.25) is 14.5 Å². The van der Waals surface area contributed by atoms with Crippen LogP contribution in [0.5, 0.6) is 0 Å². The normalized spacial score (nSPS) is 13.5. The summed E-state index contributed by atoms with van der Waals surface area (Å²) in [5.74, 6) is 0.534. The number of hydrogen-bond acceptors (Lipinski definition) is 10. The van der Waals surface area contributed by atoms with Crippen LogP contribution in [-0.4, -0.2) is 70.7 Å². The minimum atomic E-state index is -1.16. The van der Waals surface area contributed by atoms with Gasteiger partial charge in [0.2, 0.25) is 5.95 Å². The van der Waals surface area contributed by atoms with E-state index >= 15 is 4.39 Å². The molecule has 3 aromatic carbocycles. The molecule has 14 heteroatoms. The lowest BCUT2D eigenvalue weighted by Crippen LogP contribution is -2.46. The third-order valence-electron chi connectivity index (χ3n) is 9.88. The summed E-state index contributed by atoms with van der Waals surface area (Å²) in [5.41, 5.74) is 3.38. The van der Waals surface area contributed by atoms with E-state index in [1.807, 2.05) is 62.4 Å². The molecule has 0 saturated carbocycles. The number of halogens is 1. The molecule has 0 aliphatic carbocycles. The van der Waals surface area contributed by atoms with Gasteiger partial charge >= 0.3 is 0 Å². The van der Waals surface area contributed by atoms with Gasteiger partial charge in [-0.05, 0) is 67.9 Å². The molecule has 0 spiro atoms. The second kappa shape index (κ2) is 15.8. The van der Waals surface area contributed by atoms with Gasteiger partial charge in [0.15, 0.2) is 11.5 Å². The van der Waals surface area contributed by atoms with Crippen molar-refractivity contribution in [1.82, 2.24) is 39.4 Å². The monoisotopic (exact) mass is 756 g/mol. The van der Waals surface area contributed by atoms with E-state index < -0.39 is 5.60 Å². The first-order chi connectivity index (χ1) is 27.0. The number of fused-ring (bicyclic) bond motifs is 2. The smallest absolute Gasteiger partial charge is 0.277 e. The number of aliphatic hydroxyl groups is 1. The average Bonchev–Trinajstić information content (AvgIpc) is 3.46. The Labute approximate surface area is 323 Å². The Hall–Kier alpha value is -6.25. The minimum absolute atomic E-state index is 0.226. The van der Waals surface area contributed by atoms with Crippen LogP contribution in [-0.2, 0) is 25.6 Å². The van der Waals surface area contributed by atoms with Crippen molar-refractivity contribution in [3.8, 4) is 5.82 Å². The van der Waals surface area contributed by atoms with Crippen LogP contribution in [0.15, 0.2) is 101 Å². The van der Waals surface area contributed by atoms with Gasteiger partial charge in [-0.25, -0.2) is 28.8 Å². The predicted molar refractivity (Wildman–Crippen MR) is 217 cm³/mol. The molecule has 5 heterocycles. The Balaban J connectivity index is 0.00000237. The van der Waals surface area contributed by atoms with E-state index in [-0.39, 0.29) is 16.9 Å². The van der Waals surface area contributed by atoms with Gasteiger partial charge in [0.25, 0.3) is 11.1 Å². The maximum atomic E-state index is 15.0. The van der Waals surface area contributed by atoms with Gasteiger partial charge < -0.3 is 15.3 Å². The summed E-state index contributed by atoms with van der Waals surface area (Å²) in [6.07, 6.45) is 1.98. The molecule has 3 N–H and O–H groups in total. The number of pyridine rings is 1. The molecule has 56 heavy (non-hydrogen) atoms. The molecule has 0 bridgehead atoms. The first-order valence-electron chi connectivity index (χ1n) is 18.7. The summed E-state index contributed by atoms with van der Waals surface area (Å²) in [5, 5.41) is 22.4. The number of nitrogens with zero attached hydrogens (tertiary/aromatic N) is 8. The van der Waals surface area contributed by atoms with Crippen LogP contribution in [0.3, 0.4) is 0 Å². The summed E-state index contributed by atoms with van der Waals surface area (Å²) in [6.45, 7) is 10.9. The molecule has 0 radical (unpaired) electrons. The zero-order valence-electron chi connectivity index (χ0n) is 32.1. The Morgan fingerprint density at radius 2 is 1.61 bits per heavy atom. The Morgan fingerprint density at radius 3 is 2.34 bits per heavy atom. The number of benzene rings is 3. The quantitative estimate of drug-likeness (QED) is 0.165. The van der Waals surface area contributed by atoms with Crippen molar-refractivity contribution in [3.05, 3.63) is 140 Å². The zero-order valence-corrected chi connectivity index (χ0v) is 32.1. The number of piperazine rings is 1. The SMILES string of the molecule is CC.Cn1c(=O)c2cnc(Nc3ccc(N4CCN(Cc5cc(Cc6n[nH]c(=O)c7ccccc67)ccc5F)CC4)cc3)nc2n1-c1cccc(C(C)(C)O)n1. The number of nitrogens with one attached hydrogen (secondary N) is 2. The lowest BCUT2D eigenvalue weighted by Gasteiger charge is -2.36. The van der Waals surface area contributed by atoms with Gasteiger partial charge in [0, 0.05) is 74.7 Å². The maximum absolute atomic E-state index is 15.0. The van der Waals surface area contributed by atoms with Crippen molar-refractivity contribution in [3.63, 3.8) is 0 Å². The Kier molecular flexibility index (Phi) is 10.8. The number of aromatic amines is 1. The van der Waals surface area contributed by atoms with E-state index in [2.05, 4.69) is 40.3 Å². The number of rotatable bonds is 9. The van der Waals surface area contributed by atoms with E-state index in [0.717, 1.165) is 54.2 Å². The maximum Gasteiger partial charge on any atom is 0.277 e. The van der Waals surface area contributed by atoms with Crippen LogP contribution in [0.1, 0.15) is 50.2 Å². The highest BCUT2D eigenvalue weighted by Gasteiger charge is 2.22. The van der Waals surface area contributed by atoms with Gasteiger partial charge in [-0.2, -0.15) is 10.1 Å². The lowest BCUT2D eigenvalue weighted by atomic mass is 10.0. The molecule has 1 saturated heterocycles.